The number of aromatic amines is 1. The van der Waals surface area contributed by atoms with Crippen LogP contribution < -0.4 is 0 Å². The van der Waals surface area contributed by atoms with Crippen molar-refractivity contribution in [3.05, 3.63) is 23.8 Å². The second-order valence-electron chi connectivity index (χ2n) is 3.48. The maximum absolute atomic E-state index is 13.0. The standard InChI is InChI=1S/C10H12FNO2/c1-6(2)13-4-7-3-9-10(12-7)8(11)5-14-9/h3,5-6,12H,4H2,1-2H3. The summed E-state index contributed by atoms with van der Waals surface area (Å²) in [5, 5.41) is 0. The van der Waals surface area contributed by atoms with Crippen molar-refractivity contribution in [3.63, 3.8) is 0 Å². The van der Waals surface area contributed by atoms with Crippen LogP contribution in [0.2, 0.25) is 0 Å². The van der Waals surface area contributed by atoms with E-state index in [1.165, 1.54) is 0 Å². The highest BCUT2D eigenvalue weighted by Gasteiger charge is 2.09. The third-order valence-electron chi connectivity index (χ3n) is 1.94. The SMILES string of the molecule is CC(C)OCc1cc2occ(F)c2[nH]1. The van der Waals surface area contributed by atoms with Crippen molar-refractivity contribution in [1.29, 1.82) is 0 Å². The fraction of sp³-hybridized carbons (Fsp3) is 0.400. The van der Waals surface area contributed by atoms with E-state index >= 15 is 0 Å². The monoisotopic (exact) mass is 197 g/mol. The van der Waals surface area contributed by atoms with Gasteiger partial charge in [-0.1, -0.05) is 0 Å². The molecule has 3 nitrogen and oxygen atoms in total. The van der Waals surface area contributed by atoms with Crippen molar-refractivity contribution in [2.24, 2.45) is 0 Å². The molecule has 0 fully saturated rings. The molecule has 1 N–H and O–H groups in total. The van der Waals surface area contributed by atoms with Gasteiger partial charge in [0.05, 0.1) is 12.7 Å². The first-order chi connectivity index (χ1) is 6.66. The number of halogens is 1. The van der Waals surface area contributed by atoms with E-state index < -0.39 is 0 Å². The van der Waals surface area contributed by atoms with E-state index in [0.29, 0.717) is 17.7 Å². The molecule has 0 radical (unpaired) electrons. The Bertz CT molecular complexity index is 430. The summed E-state index contributed by atoms with van der Waals surface area (Å²) in [5.41, 5.74) is 1.77. The Balaban J connectivity index is 2.19. The number of fused-ring (bicyclic) bond motifs is 1. The summed E-state index contributed by atoms with van der Waals surface area (Å²) in [4.78, 5) is 2.91. The molecule has 0 aromatic carbocycles. The molecule has 4 heteroatoms. The van der Waals surface area contributed by atoms with Gasteiger partial charge in [0.2, 0.25) is 0 Å². The lowest BCUT2D eigenvalue weighted by molar-refractivity contribution is 0.0639. The lowest BCUT2D eigenvalue weighted by atomic mass is 10.4. The molecule has 0 aliphatic rings. The maximum atomic E-state index is 13.0. The molecular weight excluding hydrogens is 185 g/mol. The quantitative estimate of drug-likeness (QED) is 0.821. The number of nitrogens with one attached hydrogen (secondary N) is 1. The average molecular weight is 197 g/mol. The van der Waals surface area contributed by atoms with Crippen LogP contribution in [0.4, 0.5) is 4.39 Å². The van der Waals surface area contributed by atoms with Gasteiger partial charge in [0, 0.05) is 11.8 Å². The van der Waals surface area contributed by atoms with Gasteiger partial charge in [-0.3, -0.25) is 0 Å². The number of ether oxygens (including phenoxy) is 1. The summed E-state index contributed by atoms with van der Waals surface area (Å²) in [6, 6.07) is 1.75. The molecule has 2 heterocycles. The van der Waals surface area contributed by atoms with Crippen molar-refractivity contribution in [3.8, 4) is 0 Å². The fourth-order valence-electron chi connectivity index (χ4n) is 1.27. The summed E-state index contributed by atoms with van der Waals surface area (Å²) in [7, 11) is 0. The maximum Gasteiger partial charge on any atom is 0.185 e. The average Bonchev–Trinajstić information content (AvgIpc) is 2.65. The van der Waals surface area contributed by atoms with E-state index in [0.717, 1.165) is 12.0 Å². The highest BCUT2D eigenvalue weighted by atomic mass is 19.1. The zero-order valence-corrected chi connectivity index (χ0v) is 8.13. The van der Waals surface area contributed by atoms with Crippen molar-refractivity contribution in [1.82, 2.24) is 4.98 Å². The highest BCUT2D eigenvalue weighted by Crippen LogP contribution is 2.20. The van der Waals surface area contributed by atoms with Gasteiger partial charge in [-0.15, -0.1) is 0 Å². The molecule has 0 atom stereocenters. The van der Waals surface area contributed by atoms with Gasteiger partial charge in [0.1, 0.15) is 11.8 Å². The van der Waals surface area contributed by atoms with E-state index in [1.54, 1.807) is 6.07 Å². The third kappa shape index (κ3) is 1.65. The minimum absolute atomic E-state index is 0.162. The Hall–Kier alpha value is -1.29. The van der Waals surface area contributed by atoms with E-state index in [9.17, 15) is 4.39 Å². The Morgan fingerprint density at radius 2 is 2.36 bits per heavy atom. The van der Waals surface area contributed by atoms with E-state index in [2.05, 4.69) is 4.98 Å². The largest absolute Gasteiger partial charge is 0.459 e. The zero-order valence-electron chi connectivity index (χ0n) is 8.13. The van der Waals surface area contributed by atoms with Gasteiger partial charge >= 0.3 is 0 Å². The Morgan fingerprint density at radius 1 is 1.57 bits per heavy atom. The predicted molar refractivity (Wildman–Crippen MR) is 50.4 cm³/mol. The van der Waals surface area contributed by atoms with Crippen LogP contribution in [0.15, 0.2) is 16.7 Å². The minimum Gasteiger partial charge on any atom is -0.459 e. The van der Waals surface area contributed by atoms with Crippen LogP contribution in [0.1, 0.15) is 19.5 Å². The van der Waals surface area contributed by atoms with Gasteiger partial charge in [-0.2, -0.15) is 0 Å². The Kier molecular flexibility index (Phi) is 2.29. The van der Waals surface area contributed by atoms with Gasteiger partial charge in [0.15, 0.2) is 11.4 Å². The molecule has 0 saturated carbocycles. The molecule has 0 spiro atoms. The van der Waals surface area contributed by atoms with Gasteiger partial charge in [-0.05, 0) is 13.8 Å². The molecule has 2 aromatic heterocycles. The van der Waals surface area contributed by atoms with Crippen LogP contribution in [-0.2, 0) is 11.3 Å². The van der Waals surface area contributed by atoms with E-state index in [4.69, 9.17) is 9.15 Å². The molecule has 0 saturated heterocycles. The molecule has 0 aliphatic carbocycles. The number of H-pyrrole nitrogens is 1. The highest BCUT2D eigenvalue weighted by molar-refractivity contribution is 5.74. The van der Waals surface area contributed by atoms with E-state index in [1.807, 2.05) is 13.8 Å². The molecule has 0 amide bonds. The van der Waals surface area contributed by atoms with Gasteiger partial charge < -0.3 is 14.1 Å². The summed E-state index contributed by atoms with van der Waals surface area (Å²) < 4.78 is 23.3. The minimum atomic E-state index is -0.365. The van der Waals surface area contributed by atoms with Crippen LogP contribution in [-0.4, -0.2) is 11.1 Å². The molecule has 14 heavy (non-hydrogen) atoms. The summed E-state index contributed by atoms with van der Waals surface area (Å²) >= 11 is 0. The lowest BCUT2D eigenvalue weighted by Gasteiger charge is -2.04. The number of furan rings is 1. The second kappa shape index (κ2) is 3.46. The molecule has 2 aromatic rings. The zero-order chi connectivity index (χ0) is 10.1. The molecule has 0 bridgehead atoms. The lowest BCUT2D eigenvalue weighted by Crippen LogP contribution is -2.02. The summed E-state index contributed by atoms with van der Waals surface area (Å²) in [6.07, 6.45) is 1.25. The van der Waals surface area contributed by atoms with Crippen molar-refractivity contribution in [2.45, 2.75) is 26.6 Å². The Morgan fingerprint density at radius 3 is 3.00 bits per heavy atom. The van der Waals surface area contributed by atoms with Crippen LogP contribution in [0.5, 0.6) is 0 Å². The molecule has 0 aliphatic heterocycles. The summed E-state index contributed by atoms with van der Waals surface area (Å²) in [6.45, 7) is 4.35. The first kappa shape index (κ1) is 9.27. The second-order valence-corrected chi connectivity index (χ2v) is 3.48. The summed E-state index contributed by atoms with van der Waals surface area (Å²) in [5.74, 6) is -0.365. The van der Waals surface area contributed by atoms with Gasteiger partial charge in [0.25, 0.3) is 0 Å². The van der Waals surface area contributed by atoms with Crippen LogP contribution in [0.25, 0.3) is 11.1 Å². The van der Waals surface area contributed by atoms with Crippen LogP contribution in [0, 0.1) is 5.82 Å². The fourth-order valence-corrected chi connectivity index (χ4v) is 1.27. The number of aromatic nitrogens is 1. The first-order valence-corrected chi connectivity index (χ1v) is 4.53. The molecular formula is C10H12FNO2. The van der Waals surface area contributed by atoms with Gasteiger partial charge in [-0.25, -0.2) is 4.39 Å². The van der Waals surface area contributed by atoms with Crippen molar-refractivity contribution < 1.29 is 13.5 Å². The molecule has 76 valence electrons. The van der Waals surface area contributed by atoms with Crippen molar-refractivity contribution >= 4 is 11.1 Å². The third-order valence-corrected chi connectivity index (χ3v) is 1.94. The Labute approximate surface area is 80.9 Å². The smallest absolute Gasteiger partial charge is 0.185 e. The van der Waals surface area contributed by atoms with Crippen LogP contribution in [0.3, 0.4) is 0 Å². The van der Waals surface area contributed by atoms with E-state index in [-0.39, 0.29) is 11.9 Å². The first-order valence-electron chi connectivity index (χ1n) is 4.53. The topological polar surface area (TPSA) is 38.2 Å². The predicted octanol–water partition coefficient (Wildman–Crippen LogP) is 2.83. The number of rotatable bonds is 3. The van der Waals surface area contributed by atoms with Crippen molar-refractivity contribution in [2.75, 3.05) is 0 Å². The molecule has 2 rings (SSSR count). The molecule has 0 unspecified atom stereocenters. The normalized spacial score (nSPS) is 11.7. The number of hydrogen-bond donors (Lipinski definition) is 1. The van der Waals surface area contributed by atoms with Crippen LogP contribution >= 0.6 is 0 Å². The number of hydrogen-bond acceptors (Lipinski definition) is 2.